The van der Waals surface area contributed by atoms with Crippen LogP contribution in [0.1, 0.15) is 46.5 Å². The van der Waals surface area contributed by atoms with Gasteiger partial charge >= 0.3 is 0 Å². The Morgan fingerprint density at radius 1 is 1.15 bits per heavy atom. The predicted octanol–water partition coefficient (Wildman–Crippen LogP) is 1.91. The molecule has 0 heterocycles. The minimum absolute atomic E-state index is 0.0663. The molecule has 0 aliphatic heterocycles. The van der Waals surface area contributed by atoms with Gasteiger partial charge in [-0.3, -0.25) is 0 Å². The molecule has 1 unspecified atom stereocenters. The van der Waals surface area contributed by atoms with Crippen molar-refractivity contribution in [3.63, 3.8) is 0 Å². The van der Waals surface area contributed by atoms with Crippen molar-refractivity contribution in [2.24, 2.45) is 17.1 Å². The first kappa shape index (κ1) is 11.0. The van der Waals surface area contributed by atoms with Gasteiger partial charge in [0.15, 0.2) is 0 Å². The SMILES string of the molecule is CC(C)(C)C(N)C1CCC(O)CC1. The number of nitrogens with two attached hydrogens (primary N) is 1. The molecule has 0 radical (unpaired) electrons. The lowest BCUT2D eigenvalue weighted by Gasteiger charge is -2.37. The molecule has 1 aliphatic carbocycles. The van der Waals surface area contributed by atoms with E-state index in [0.717, 1.165) is 25.7 Å². The van der Waals surface area contributed by atoms with Crippen LogP contribution >= 0.6 is 0 Å². The number of hydrogen-bond acceptors (Lipinski definition) is 2. The van der Waals surface area contributed by atoms with Gasteiger partial charge in [0.05, 0.1) is 6.10 Å². The second-order valence-corrected chi connectivity index (χ2v) is 5.46. The first-order valence-corrected chi connectivity index (χ1v) is 5.35. The van der Waals surface area contributed by atoms with Gasteiger partial charge in [0.1, 0.15) is 0 Å². The third kappa shape index (κ3) is 2.96. The normalized spacial score (nSPS) is 33.0. The zero-order valence-corrected chi connectivity index (χ0v) is 9.09. The molecule has 0 saturated heterocycles. The van der Waals surface area contributed by atoms with Crippen molar-refractivity contribution in [2.75, 3.05) is 0 Å². The number of aliphatic hydroxyl groups is 1. The van der Waals surface area contributed by atoms with Crippen molar-refractivity contribution in [1.29, 1.82) is 0 Å². The summed E-state index contributed by atoms with van der Waals surface area (Å²) in [6, 6.07) is 0.278. The molecule has 1 saturated carbocycles. The predicted molar refractivity (Wildman–Crippen MR) is 55.4 cm³/mol. The molecular formula is C11H23NO. The summed E-state index contributed by atoms with van der Waals surface area (Å²) in [5.74, 6) is 0.614. The lowest BCUT2D eigenvalue weighted by atomic mass is 9.73. The number of aliphatic hydroxyl groups excluding tert-OH is 1. The van der Waals surface area contributed by atoms with Gasteiger partial charge in [0.2, 0.25) is 0 Å². The third-order valence-electron chi connectivity index (χ3n) is 3.25. The van der Waals surface area contributed by atoms with Crippen molar-refractivity contribution in [3.8, 4) is 0 Å². The topological polar surface area (TPSA) is 46.2 Å². The molecule has 2 nitrogen and oxygen atoms in total. The molecule has 78 valence electrons. The van der Waals surface area contributed by atoms with E-state index < -0.39 is 0 Å². The van der Waals surface area contributed by atoms with Gasteiger partial charge in [-0.15, -0.1) is 0 Å². The zero-order chi connectivity index (χ0) is 10.1. The van der Waals surface area contributed by atoms with E-state index in [1.54, 1.807) is 0 Å². The van der Waals surface area contributed by atoms with E-state index in [4.69, 9.17) is 5.73 Å². The summed E-state index contributed by atoms with van der Waals surface area (Å²) in [7, 11) is 0. The van der Waals surface area contributed by atoms with Crippen LogP contribution in [-0.2, 0) is 0 Å². The summed E-state index contributed by atoms with van der Waals surface area (Å²) in [6.07, 6.45) is 4.01. The summed E-state index contributed by atoms with van der Waals surface area (Å²) < 4.78 is 0. The maximum absolute atomic E-state index is 9.37. The van der Waals surface area contributed by atoms with E-state index in [2.05, 4.69) is 20.8 Å². The maximum atomic E-state index is 9.37. The summed E-state index contributed by atoms with van der Waals surface area (Å²) in [5, 5.41) is 9.37. The van der Waals surface area contributed by atoms with E-state index in [1.807, 2.05) is 0 Å². The standard InChI is InChI=1S/C11H23NO/c1-11(2,3)10(12)8-4-6-9(13)7-5-8/h8-10,13H,4-7,12H2,1-3H3. The van der Waals surface area contributed by atoms with Crippen molar-refractivity contribution in [3.05, 3.63) is 0 Å². The monoisotopic (exact) mass is 185 g/mol. The van der Waals surface area contributed by atoms with Gasteiger partial charge in [-0.05, 0) is 37.0 Å². The largest absolute Gasteiger partial charge is 0.393 e. The molecule has 0 amide bonds. The van der Waals surface area contributed by atoms with Gasteiger partial charge in [0.25, 0.3) is 0 Å². The first-order valence-electron chi connectivity index (χ1n) is 5.35. The highest BCUT2D eigenvalue weighted by molar-refractivity contribution is 4.86. The highest BCUT2D eigenvalue weighted by atomic mass is 16.3. The molecule has 0 aromatic rings. The molecule has 2 heteroatoms. The average Bonchev–Trinajstić information content (AvgIpc) is 2.03. The zero-order valence-electron chi connectivity index (χ0n) is 9.09. The van der Waals surface area contributed by atoms with E-state index in [0.29, 0.717) is 5.92 Å². The highest BCUT2D eigenvalue weighted by Crippen LogP contribution is 2.33. The molecule has 1 atom stereocenters. The lowest BCUT2D eigenvalue weighted by molar-refractivity contribution is 0.0854. The molecule has 1 aliphatic rings. The molecule has 0 bridgehead atoms. The quantitative estimate of drug-likeness (QED) is 0.655. The van der Waals surface area contributed by atoms with Gasteiger partial charge in [-0.1, -0.05) is 20.8 Å². The van der Waals surface area contributed by atoms with Crippen molar-refractivity contribution < 1.29 is 5.11 Å². The Labute approximate surface area is 81.5 Å². The van der Waals surface area contributed by atoms with Crippen LogP contribution < -0.4 is 5.73 Å². The maximum Gasteiger partial charge on any atom is 0.0540 e. The van der Waals surface area contributed by atoms with E-state index in [1.165, 1.54) is 0 Å². The van der Waals surface area contributed by atoms with Crippen LogP contribution in [0.5, 0.6) is 0 Å². The van der Waals surface area contributed by atoms with Crippen molar-refractivity contribution in [1.82, 2.24) is 0 Å². The van der Waals surface area contributed by atoms with E-state index >= 15 is 0 Å². The molecule has 13 heavy (non-hydrogen) atoms. The number of rotatable bonds is 1. The van der Waals surface area contributed by atoms with Crippen LogP contribution in [-0.4, -0.2) is 17.3 Å². The Morgan fingerprint density at radius 2 is 1.62 bits per heavy atom. The Bertz CT molecular complexity index is 154. The summed E-state index contributed by atoms with van der Waals surface area (Å²) in [5.41, 5.74) is 6.39. The van der Waals surface area contributed by atoms with Gasteiger partial charge in [0, 0.05) is 6.04 Å². The van der Waals surface area contributed by atoms with Crippen LogP contribution in [0.25, 0.3) is 0 Å². The fraction of sp³-hybridized carbons (Fsp3) is 1.00. The Morgan fingerprint density at radius 3 is 2.00 bits per heavy atom. The van der Waals surface area contributed by atoms with Crippen LogP contribution in [0.15, 0.2) is 0 Å². The van der Waals surface area contributed by atoms with Crippen LogP contribution in [0, 0.1) is 11.3 Å². The summed E-state index contributed by atoms with van der Waals surface area (Å²) >= 11 is 0. The minimum Gasteiger partial charge on any atom is -0.393 e. The summed E-state index contributed by atoms with van der Waals surface area (Å²) in [4.78, 5) is 0. The molecular weight excluding hydrogens is 162 g/mol. The minimum atomic E-state index is -0.0663. The molecule has 3 N–H and O–H groups in total. The van der Waals surface area contributed by atoms with Crippen LogP contribution in [0.3, 0.4) is 0 Å². The molecule has 0 aromatic heterocycles. The van der Waals surface area contributed by atoms with E-state index in [9.17, 15) is 5.11 Å². The average molecular weight is 185 g/mol. The summed E-state index contributed by atoms with van der Waals surface area (Å²) in [6.45, 7) is 6.59. The molecule has 1 rings (SSSR count). The Balaban J connectivity index is 2.45. The Hall–Kier alpha value is -0.0800. The fourth-order valence-electron chi connectivity index (χ4n) is 2.17. The van der Waals surface area contributed by atoms with Gasteiger partial charge < -0.3 is 10.8 Å². The van der Waals surface area contributed by atoms with E-state index in [-0.39, 0.29) is 17.6 Å². The molecule has 0 spiro atoms. The van der Waals surface area contributed by atoms with Gasteiger partial charge in [-0.25, -0.2) is 0 Å². The third-order valence-corrected chi connectivity index (χ3v) is 3.25. The van der Waals surface area contributed by atoms with Crippen LogP contribution in [0.4, 0.5) is 0 Å². The second kappa shape index (κ2) is 3.97. The van der Waals surface area contributed by atoms with Crippen molar-refractivity contribution in [2.45, 2.75) is 58.6 Å². The smallest absolute Gasteiger partial charge is 0.0540 e. The Kier molecular flexibility index (Phi) is 3.36. The fourth-order valence-corrected chi connectivity index (χ4v) is 2.17. The van der Waals surface area contributed by atoms with Gasteiger partial charge in [-0.2, -0.15) is 0 Å². The molecule has 1 fully saturated rings. The van der Waals surface area contributed by atoms with Crippen molar-refractivity contribution >= 4 is 0 Å². The number of hydrogen-bond donors (Lipinski definition) is 2. The van der Waals surface area contributed by atoms with Crippen LogP contribution in [0.2, 0.25) is 0 Å². The lowest BCUT2D eigenvalue weighted by Crippen LogP contribution is -2.43. The second-order valence-electron chi connectivity index (χ2n) is 5.46. The first-order chi connectivity index (χ1) is 5.91. The highest BCUT2D eigenvalue weighted by Gasteiger charge is 2.31. The molecule has 0 aromatic carbocycles.